The Morgan fingerprint density at radius 1 is 1.71 bits per heavy atom. The van der Waals surface area contributed by atoms with Crippen LogP contribution in [0.15, 0.2) is 0 Å². The summed E-state index contributed by atoms with van der Waals surface area (Å²) < 4.78 is 63.1. The van der Waals surface area contributed by atoms with E-state index >= 15 is 0 Å². The highest BCUT2D eigenvalue weighted by atomic mass is 35.5. The average Bonchev–Trinajstić information content (AvgIpc) is 2.21. The zero-order chi connectivity index (χ0) is 15.8. The summed E-state index contributed by atoms with van der Waals surface area (Å²) in [7, 11) is -4.16. The molecule has 1 unspecified atom stereocenters. The molecule has 1 aliphatic heterocycles. The summed E-state index contributed by atoms with van der Waals surface area (Å²) in [6.45, 7) is -5.43. The van der Waals surface area contributed by atoms with E-state index in [-0.39, 0.29) is 25.4 Å². The zero-order valence-corrected chi connectivity index (χ0v) is 9.70. The molecule has 84 valence electrons. The summed E-state index contributed by atoms with van der Waals surface area (Å²) in [5.74, 6) is -3.03. The summed E-state index contributed by atoms with van der Waals surface area (Å²) >= 11 is 10.9. The molecule has 0 spiro atoms. The summed E-state index contributed by atoms with van der Waals surface area (Å²) in [6, 6.07) is 0. The van der Waals surface area contributed by atoms with Gasteiger partial charge in [-0.05, 0) is 6.42 Å². The van der Waals surface area contributed by atoms with E-state index in [9.17, 15) is 4.57 Å². The van der Waals surface area contributed by atoms with Gasteiger partial charge >= 0.3 is 7.67 Å². The minimum atomic E-state index is -4.16. The Kier molecular flexibility index (Phi) is 2.90. The van der Waals surface area contributed by atoms with Crippen molar-refractivity contribution in [3.05, 3.63) is 0 Å². The van der Waals surface area contributed by atoms with Crippen LogP contribution < -0.4 is 5.09 Å². The quantitative estimate of drug-likeness (QED) is 0.610. The number of rotatable bonds is 5. The number of hydrogen-bond donors (Lipinski definition) is 1. The summed E-state index contributed by atoms with van der Waals surface area (Å²) in [4.78, 5) is 0. The van der Waals surface area contributed by atoms with Gasteiger partial charge in [0.05, 0.1) is 9.30 Å². The largest absolute Gasteiger partial charge is 0.343 e. The molecular weight excluding hydrogens is 246 g/mol. The van der Waals surface area contributed by atoms with E-state index in [1.165, 1.54) is 0 Å². The first-order valence-electron chi connectivity index (χ1n) is 6.95. The van der Waals surface area contributed by atoms with Crippen LogP contribution >= 0.6 is 30.9 Å². The van der Waals surface area contributed by atoms with Gasteiger partial charge in [0.15, 0.2) is 0 Å². The Hall–Kier alpha value is 0.690. The van der Waals surface area contributed by atoms with Gasteiger partial charge in [-0.3, -0.25) is 4.57 Å². The Morgan fingerprint density at radius 3 is 3.07 bits per heavy atom. The van der Waals surface area contributed by atoms with Gasteiger partial charge in [-0.25, -0.2) is 9.76 Å². The maximum Gasteiger partial charge on any atom is 0.343 e. The molecule has 0 aromatic rings. The van der Waals surface area contributed by atoms with E-state index in [4.69, 9.17) is 36.0 Å². The highest BCUT2D eigenvalue weighted by molar-refractivity contribution is 7.54. The third kappa shape index (κ3) is 3.37. The third-order valence-corrected chi connectivity index (χ3v) is 3.70. The molecule has 1 aliphatic rings. The van der Waals surface area contributed by atoms with Crippen LogP contribution in [0.2, 0.25) is 0 Å². The molecule has 1 N–H and O–H groups in total. The number of halogens is 2. The summed E-state index contributed by atoms with van der Waals surface area (Å²) in [6.07, 6.45) is -0.0670. The lowest BCUT2D eigenvalue weighted by Gasteiger charge is -2.33. The minimum absolute atomic E-state index is 0.00949. The molecule has 7 heteroatoms. The number of alkyl halides is 2. The average molecular weight is 267 g/mol. The summed E-state index contributed by atoms with van der Waals surface area (Å²) in [5.41, 5.74) is 0. The topological polar surface area (TPSA) is 41.6 Å². The third-order valence-electron chi connectivity index (χ3n) is 1.51. The fourth-order valence-corrected chi connectivity index (χ4v) is 2.92. The standard InChI is InChI=1S/C7H15Cl2N2O2P/c8-2-5-11(6-3-9)14(12)10-4-1-7-13-14/h1-7H2,(H,10,12)/i2D2,5D2,7D2. The van der Waals surface area contributed by atoms with E-state index in [2.05, 4.69) is 5.09 Å². The van der Waals surface area contributed by atoms with Gasteiger partial charge in [-0.15, -0.1) is 23.2 Å². The monoisotopic (exact) mass is 266 g/mol. The van der Waals surface area contributed by atoms with Crippen LogP contribution in [-0.2, 0) is 9.09 Å². The van der Waals surface area contributed by atoms with Crippen LogP contribution in [0, 0.1) is 0 Å². The maximum atomic E-state index is 12.7. The molecule has 1 saturated heterocycles. The van der Waals surface area contributed by atoms with Gasteiger partial charge in [0.1, 0.15) is 0 Å². The second kappa shape index (κ2) is 6.31. The maximum absolute atomic E-state index is 12.7. The van der Waals surface area contributed by atoms with E-state index < -0.39 is 26.6 Å². The molecule has 14 heavy (non-hydrogen) atoms. The van der Waals surface area contributed by atoms with Crippen molar-refractivity contribution in [2.75, 3.05) is 37.9 Å². The van der Waals surface area contributed by atoms with Gasteiger partial charge in [-0.2, -0.15) is 0 Å². The zero-order valence-electron chi connectivity index (χ0n) is 13.3. The molecule has 1 rings (SSSR count). The molecule has 0 aliphatic carbocycles. The summed E-state index contributed by atoms with van der Waals surface area (Å²) in [5, 5.41) is 2.41. The number of hydrogen-bond acceptors (Lipinski definition) is 2. The van der Waals surface area contributed by atoms with E-state index in [0.29, 0.717) is 4.67 Å². The molecule has 0 aromatic carbocycles. The molecule has 1 heterocycles. The predicted octanol–water partition coefficient (Wildman–Crippen LogP) is 1.88. The van der Waals surface area contributed by atoms with Crippen molar-refractivity contribution < 1.29 is 17.3 Å². The SMILES string of the molecule is [2H]C1([2H])CCNP(=O)(N(CCCl)C([2H])([2H])C([2H])([2H])Cl)O1. The second-order valence-electron chi connectivity index (χ2n) is 2.43. The van der Waals surface area contributed by atoms with Gasteiger partial charge in [-0.1, -0.05) is 0 Å². The predicted molar refractivity (Wildman–Crippen MR) is 59.2 cm³/mol. The van der Waals surface area contributed by atoms with E-state index in [0.717, 1.165) is 0 Å². The number of nitrogens with zero attached hydrogens (tertiary/aromatic N) is 1. The highest BCUT2D eigenvalue weighted by Crippen LogP contribution is 2.47. The van der Waals surface area contributed by atoms with Crippen LogP contribution in [0.3, 0.4) is 0 Å². The van der Waals surface area contributed by atoms with Crippen LogP contribution in [0.5, 0.6) is 0 Å². The lowest BCUT2D eigenvalue weighted by atomic mass is 10.5. The van der Waals surface area contributed by atoms with Crippen LogP contribution in [0.1, 0.15) is 14.6 Å². The van der Waals surface area contributed by atoms with Crippen molar-refractivity contribution in [3.8, 4) is 0 Å². The fraction of sp³-hybridized carbons (Fsp3) is 1.00. The Labute approximate surface area is 103 Å². The Bertz CT molecular complexity index is 407. The Balaban J connectivity index is 3.17. The lowest BCUT2D eigenvalue weighted by molar-refractivity contribution is 0.233. The molecule has 1 atom stereocenters. The van der Waals surface area contributed by atoms with Crippen molar-refractivity contribution in [3.63, 3.8) is 0 Å². The van der Waals surface area contributed by atoms with Crippen molar-refractivity contribution in [1.29, 1.82) is 0 Å². The van der Waals surface area contributed by atoms with Crippen LogP contribution in [-0.4, -0.2) is 42.5 Å². The first-order chi connectivity index (χ1) is 8.86. The molecule has 4 nitrogen and oxygen atoms in total. The second-order valence-corrected chi connectivity index (χ2v) is 5.02. The van der Waals surface area contributed by atoms with Crippen molar-refractivity contribution >= 4 is 30.9 Å². The molecule has 1 fully saturated rings. The Morgan fingerprint density at radius 2 is 2.50 bits per heavy atom. The van der Waals surface area contributed by atoms with Gasteiger partial charge in [0.2, 0.25) is 0 Å². The first kappa shape index (κ1) is 6.43. The van der Waals surface area contributed by atoms with E-state index in [1.54, 1.807) is 0 Å². The highest BCUT2D eigenvalue weighted by Gasteiger charge is 2.32. The van der Waals surface area contributed by atoms with Gasteiger partial charge in [0, 0.05) is 36.8 Å². The number of nitrogens with one attached hydrogen (secondary N) is 1. The van der Waals surface area contributed by atoms with Crippen LogP contribution in [0.25, 0.3) is 0 Å². The van der Waals surface area contributed by atoms with Gasteiger partial charge < -0.3 is 4.52 Å². The molecule has 0 aromatic heterocycles. The van der Waals surface area contributed by atoms with Crippen LogP contribution in [0.4, 0.5) is 0 Å². The molecule has 0 saturated carbocycles. The molecule has 0 radical (unpaired) electrons. The molecule has 0 amide bonds. The molecule has 0 bridgehead atoms. The molecular formula is C7H15Cl2N2O2P. The fourth-order valence-electron chi connectivity index (χ4n) is 0.930. The van der Waals surface area contributed by atoms with Gasteiger partial charge in [0.25, 0.3) is 0 Å². The lowest BCUT2D eigenvalue weighted by Crippen LogP contribution is -2.35. The first-order valence-corrected chi connectivity index (χ1v) is 6.44. The van der Waals surface area contributed by atoms with Crippen molar-refractivity contribution in [2.45, 2.75) is 6.42 Å². The van der Waals surface area contributed by atoms with Crippen molar-refractivity contribution in [2.24, 2.45) is 0 Å². The van der Waals surface area contributed by atoms with E-state index in [1.807, 2.05) is 0 Å². The van der Waals surface area contributed by atoms with Crippen molar-refractivity contribution in [1.82, 2.24) is 9.76 Å². The smallest absolute Gasteiger partial charge is 0.306 e. The minimum Gasteiger partial charge on any atom is -0.306 e. The normalized spacial score (nSPS) is 40.2.